The standard InChI is InChI=1S/C15H16N2O3/c1-15(20)6-7-17(9-15)14(19)13(18)11-8-16-12-5-3-2-4-10(11)12/h2-5,8,16,20H,6-7,9H2,1H3. The molecule has 0 bridgehead atoms. The van der Waals surface area contributed by atoms with Crippen molar-refractivity contribution in [1.29, 1.82) is 0 Å². The van der Waals surface area contributed by atoms with Crippen molar-refractivity contribution in [2.24, 2.45) is 0 Å². The Labute approximate surface area is 116 Å². The molecule has 1 unspecified atom stereocenters. The molecule has 1 atom stereocenters. The van der Waals surface area contributed by atoms with Crippen LogP contribution < -0.4 is 0 Å². The van der Waals surface area contributed by atoms with Crippen molar-refractivity contribution in [3.8, 4) is 0 Å². The van der Waals surface area contributed by atoms with E-state index in [1.807, 2.05) is 24.3 Å². The van der Waals surface area contributed by atoms with E-state index in [1.165, 1.54) is 4.90 Å². The number of hydrogen-bond acceptors (Lipinski definition) is 3. The predicted octanol–water partition coefficient (Wildman–Crippen LogP) is 1.33. The minimum Gasteiger partial charge on any atom is -0.388 e. The first-order valence-corrected chi connectivity index (χ1v) is 6.60. The number of aliphatic hydroxyl groups is 1. The highest BCUT2D eigenvalue weighted by Gasteiger charge is 2.36. The van der Waals surface area contributed by atoms with Crippen LogP contribution in [0.25, 0.3) is 10.9 Å². The third-order valence-electron chi connectivity index (χ3n) is 3.77. The summed E-state index contributed by atoms with van der Waals surface area (Å²) in [5.74, 6) is -1.08. The second-order valence-corrected chi connectivity index (χ2v) is 5.55. The Morgan fingerprint density at radius 3 is 2.80 bits per heavy atom. The maximum atomic E-state index is 12.3. The Hall–Kier alpha value is -2.14. The highest BCUT2D eigenvalue weighted by atomic mass is 16.3. The molecule has 1 saturated heterocycles. The number of likely N-dealkylation sites (tertiary alicyclic amines) is 1. The van der Waals surface area contributed by atoms with E-state index in [0.717, 1.165) is 10.9 Å². The van der Waals surface area contributed by atoms with Crippen molar-refractivity contribution in [3.63, 3.8) is 0 Å². The molecule has 0 aliphatic carbocycles. The second-order valence-electron chi connectivity index (χ2n) is 5.55. The molecule has 1 aromatic heterocycles. The highest BCUT2D eigenvalue weighted by Crippen LogP contribution is 2.23. The number of hydrogen-bond donors (Lipinski definition) is 2. The Bertz CT molecular complexity index is 687. The minimum atomic E-state index is -0.893. The van der Waals surface area contributed by atoms with Crippen molar-refractivity contribution in [2.45, 2.75) is 18.9 Å². The Kier molecular flexibility index (Phi) is 2.87. The largest absolute Gasteiger partial charge is 0.388 e. The van der Waals surface area contributed by atoms with Crippen LogP contribution >= 0.6 is 0 Å². The van der Waals surface area contributed by atoms with Gasteiger partial charge in [-0.05, 0) is 19.4 Å². The fourth-order valence-electron chi connectivity index (χ4n) is 2.64. The van der Waals surface area contributed by atoms with E-state index in [4.69, 9.17) is 0 Å². The summed E-state index contributed by atoms with van der Waals surface area (Å²) in [7, 11) is 0. The number of benzene rings is 1. The molecule has 5 nitrogen and oxygen atoms in total. The van der Waals surface area contributed by atoms with Gasteiger partial charge in [-0.25, -0.2) is 0 Å². The number of para-hydroxylation sites is 1. The average Bonchev–Trinajstić information content (AvgIpc) is 3.00. The number of β-amino-alcohol motifs (C(OH)–C–C–N with tert-alkyl or cyclic N) is 1. The van der Waals surface area contributed by atoms with Gasteiger partial charge in [0.25, 0.3) is 11.7 Å². The zero-order valence-electron chi connectivity index (χ0n) is 11.2. The summed E-state index contributed by atoms with van der Waals surface area (Å²) in [6.07, 6.45) is 2.07. The van der Waals surface area contributed by atoms with E-state index in [9.17, 15) is 14.7 Å². The Morgan fingerprint density at radius 2 is 2.10 bits per heavy atom. The molecular formula is C15H16N2O3. The number of aromatic nitrogens is 1. The molecule has 104 valence electrons. The van der Waals surface area contributed by atoms with Gasteiger partial charge in [-0.15, -0.1) is 0 Å². The first-order chi connectivity index (χ1) is 9.48. The molecule has 2 N–H and O–H groups in total. The maximum absolute atomic E-state index is 12.3. The molecule has 1 amide bonds. The Morgan fingerprint density at radius 1 is 1.35 bits per heavy atom. The number of amides is 1. The summed E-state index contributed by atoms with van der Waals surface area (Å²) >= 11 is 0. The minimum absolute atomic E-state index is 0.208. The van der Waals surface area contributed by atoms with Gasteiger partial charge in [-0.3, -0.25) is 9.59 Å². The number of aromatic amines is 1. The van der Waals surface area contributed by atoms with Gasteiger partial charge < -0.3 is 15.0 Å². The molecule has 1 aromatic carbocycles. The van der Waals surface area contributed by atoms with Crippen LogP contribution in [0.2, 0.25) is 0 Å². The molecule has 3 rings (SSSR count). The number of H-pyrrole nitrogens is 1. The normalized spacial score (nSPS) is 22.4. The fourth-order valence-corrected chi connectivity index (χ4v) is 2.64. The van der Waals surface area contributed by atoms with E-state index < -0.39 is 17.3 Å². The fraction of sp³-hybridized carbons (Fsp3) is 0.333. The highest BCUT2D eigenvalue weighted by molar-refractivity contribution is 6.44. The van der Waals surface area contributed by atoms with Crippen LogP contribution in [0, 0.1) is 0 Å². The van der Waals surface area contributed by atoms with E-state index in [-0.39, 0.29) is 6.54 Å². The lowest BCUT2D eigenvalue weighted by atomic mass is 10.1. The van der Waals surface area contributed by atoms with E-state index >= 15 is 0 Å². The number of Topliss-reactive ketones (excluding diaryl/α,β-unsaturated/α-hetero) is 1. The van der Waals surface area contributed by atoms with Crippen LogP contribution in [0.4, 0.5) is 0 Å². The molecule has 0 saturated carbocycles. The predicted molar refractivity (Wildman–Crippen MR) is 74.5 cm³/mol. The number of carbonyl (C=O) groups is 2. The number of ketones is 1. The molecule has 0 radical (unpaired) electrons. The lowest BCUT2D eigenvalue weighted by molar-refractivity contribution is -0.126. The van der Waals surface area contributed by atoms with Crippen LogP contribution in [0.1, 0.15) is 23.7 Å². The van der Waals surface area contributed by atoms with Crippen molar-refractivity contribution in [2.75, 3.05) is 13.1 Å². The molecule has 2 heterocycles. The van der Waals surface area contributed by atoms with Crippen LogP contribution in [0.5, 0.6) is 0 Å². The van der Waals surface area contributed by atoms with Crippen LogP contribution in [0.15, 0.2) is 30.5 Å². The second kappa shape index (κ2) is 4.45. The van der Waals surface area contributed by atoms with Crippen molar-refractivity contribution >= 4 is 22.6 Å². The SMILES string of the molecule is CC1(O)CCN(C(=O)C(=O)c2c[nH]c3ccccc23)C1. The molecule has 0 spiro atoms. The van der Waals surface area contributed by atoms with Crippen molar-refractivity contribution in [3.05, 3.63) is 36.0 Å². The third kappa shape index (κ3) is 2.10. The van der Waals surface area contributed by atoms with E-state index in [1.54, 1.807) is 13.1 Å². The van der Waals surface area contributed by atoms with Gasteiger partial charge in [-0.2, -0.15) is 0 Å². The molecule has 2 aromatic rings. The van der Waals surface area contributed by atoms with Crippen LogP contribution in [-0.2, 0) is 4.79 Å². The monoisotopic (exact) mass is 272 g/mol. The lowest BCUT2D eigenvalue weighted by Gasteiger charge is -2.18. The number of rotatable bonds is 2. The molecule has 5 heteroatoms. The molecule has 1 fully saturated rings. The summed E-state index contributed by atoms with van der Waals surface area (Å²) < 4.78 is 0. The molecular weight excluding hydrogens is 256 g/mol. The summed E-state index contributed by atoms with van der Waals surface area (Å²) in [4.78, 5) is 29.0. The van der Waals surface area contributed by atoms with Gasteiger partial charge in [0.15, 0.2) is 0 Å². The summed E-state index contributed by atoms with van der Waals surface area (Å²) in [6, 6.07) is 7.37. The zero-order chi connectivity index (χ0) is 14.3. The first-order valence-electron chi connectivity index (χ1n) is 6.60. The van der Waals surface area contributed by atoms with Gasteiger partial charge in [-0.1, -0.05) is 18.2 Å². The van der Waals surface area contributed by atoms with E-state index in [0.29, 0.717) is 18.5 Å². The number of nitrogens with zero attached hydrogens (tertiary/aromatic N) is 1. The van der Waals surface area contributed by atoms with Crippen molar-refractivity contribution < 1.29 is 14.7 Å². The smallest absolute Gasteiger partial charge is 0.295 e. The van der Waals surface area contributed by atoms with Gasteiger partial charge in [0.1, 0.15) is 0 Å². The lowest BCUT2D eigenvalue weighted by Crippen LogP contribution is -2.37. The number of fused-ring (bicyclic) bond motifs is 1. The summed E-state index contributed by atoms with van der Waals surface area (Å²) in [5, 5.41) is 10.6. The maximum Gasteiger partial charge on any atom is 0.295 e. The van der Waals surface area contributed by atoms with Crippen molar-refractivity contribution in [1.82, 2.24) is 9.88 Å². The zero-order valence-corrected chi connectivity index (χ0v) is 11.2. The quantitative estimate of drug-likeness (QED) is 0.640. The van der Waals surface area contributed by atoms with Crippen LogP contribution in [-0.4, -0.2) is 45.4 Å². The topological polar surface area (TPSA) is 73.4 Å². The summed E-state index contributed by atoms with van der Waals surface area (Å²) in [6.45, 7) is 2.30. The number of carbonyl (C=O) groups excluding carboxylic acids is 2. The first kappa shape index (κ1) is 12.9. The van der Waals surface area contributed by atoms with Gasteiger partial charge in [0.2, 0.25) is 0 Å². The van der Waals surface area contributed by atoms with Gasteiger partial charge in [0, 0.05) is 30.2 Å². The Balaban J connectivity index is 1.88. The third-order valence-corrected chi connectivity index (χ3v) is 3.77. The molecule has 1 aliphatic heterocycles. The van der Waals surface area contributed by atoms with Gasteiger partial charge in [0.05, 0.1) is 11.2 Å². The molecule has 20 heavy (non-hydrogen) atoms. The average molecular weight is 272 g/mol. The van der Waals surface area contributed by atoms with E-state index in [2.05, 4.69) is 4.98 Å². The van der Waals surface area contributed by atoms with Crippen LogP contribution in [0.3, 0.4) is 0 Å². The summed E-state index contributed by atoms with van der Waals surface area (Å²) in [5.41, 5.74) is 0.324. The number of nitrogens with one attached hydrogen (secondary N) is 1. The van der Waals surface area contributed by atoms with Gasteiger partial charge >= 0.3 is 0 Å². The molecule has 1 aliphatic rings.